The summed E-state index contributed by atoms with van der Waals surface area (Å²) in [6.07, 6.45) is -0.260. The first-order chi connectivity index (χ1) is 33.5. The van der Waals surface area contributed by atoms with E-state index in [1.807, 2.05) is 5.01 Å². The highest BCUT2D eigenvalue weighted by Crippen LogP contribution is 2.52. The van der Waals surface area contributed by atoms with E-state index >= 15 is 9.59 Å². The lowest BCUT2D eigenvalue weighted by atomic mass is 9.98. The van der Waals surface area contributed by atoms with E-state index in [0.29, 0.717) is 34.4 Å². The molecule has 396 valence electrons. The second-order valence-corrected chi connectivity index (χ2v) is 33.2. The van der Waals surface area contributed by atoms with Crippen LogP contribution < -0.4 is 29.9 Å². The average Bonchev–Trinajstić information content (AvgIpc) is 3.80. The van der Waals surface area contributed by atoms with Crippen molar-refractivity contribution in [3.05, 3.63) is 74.7 Å². The Morgan fingerprint density at radius 1 is 0.889 bits per heavy atom. The number of esters is 1. The van der Waals surface area contributed by atoms with Gasteiger partial charge in [-0.05, 0) is 139 Å². The molecule has 4 atom stereocenters. The fourth-order valence-electron chi connectivity index (χ4n) is 9.03. The molecule has 4 bridgehead atoms. The van der Waals surface area contributed by atoms with Gasteiger partial charge in [-0.15, -0.1) is 5.11 Å². The molecule has 3 aliphatic heterocycles. The number of rotatable bonds is 14. The summed E-state index contributed by atoms with van der Waals surface area (Å²) < 4.78 is 39.1. The quantitative estimate of drug-likeness (QED) is 0.0792. The van der Waals surface area contributed by atoms with Crippen molar-refractivity contribution in [3.63, 3.8) is 0 Å². The van der Waals surface area contributed by atoms with Gasteiger partial charge in [0.2, 0.25) is 20.1 Å². The Labute approximate surface area is 441 Å². The number of alkyl carbamates (subject to hydrolysis) is 1. The number of halogens is 2. The van der Waals surface area contributed by atoms with Gasteiger partial charge in [0.15, 0.2) is 11.8 Å². The van der Waals surface area contributed by atoms with Crippen molar-refractivity contribution in [2.45, 2.75) is 167 Å². The first kappa shape index (κ1) is 58.2. The van der Waals surface area contributed by atoms with Crippen molar-refractivity contribution in [3.8, 4) is 23.0 Å². The third-order valence-corrected chi connectivity index (χ3v) is 25.0. The molecular formula is C52H76BrClN6O10Si2. The van der Waals surface area contributed by atoms with E-state index < -0.39 is 70.3 Å². The SMILES string of the molecule is CCOC(=O)[C@H]1NC(=O)[C@@H](c2ccc(OC)cc2)NC(=O)[C@H](NC(=O)OC(C)(C)C)c2cc(Br)c(N=NN3CCCC3)c(c2)Oc2ccc(c(O[Si](C)(C)C(C)(C)C)c2Cl)[C@@H]1O[Si](C(C)C)(C(C)C)C(C)C. The van der Waals surface area contributed by atoms with E-state index in [1.165, 1.54) is 7.11 Å². The van der Waals surface area contributed by atoms with Gasteiger partial charge >= 0.3 is 12.1 Å². The number of hydrogen-bond acceptors (Lipinski definition) is 12. The number of ether oxygens (including phenoxy) is 4. The molecule has 3 amide bonds. The molecular weight excluding hydrogens is 1040 g/mol. The van der Waals surface area contributed by atoms with E-state index in [1.54, 1.807) is 76.2 Å². The molecule has 0 aromatic heterocycles. The minimum absolute atomic E-state index is 0.0128. The highest BCUT2D eigenvalue weighted by atomic mass is 79.9. The monoisotopic (exact) mass is 1110 g/mol. The molecule has 0 unspecified atom stereocenters. The zero-order valence-electron chi connectivity index (χ0n) is 44.9. The van der Waals surface area contributed by atoms with Crippen molar-refractivity contribution in [1.82, 2.24) is 21.0 Å². The predicted octanol–water partition coefficient (Wildman–Crippen LogP) is 13.1. The van der Waals surface area contributed by atoms with Crippen molar-refractivity contribution < 1.29 is 47.0 Å². The summed E-state index contributed by atoms with van der Waals surface area (Å²) in [5, 5.41) is 19.4. The molecule has 1 fully saturated rings. The molecule has 16 nitrogen and oxygen atoms in total. The maximum absolute atomic E-state index is 15.5. The maximum Gasteiger partial charge on any atom is 0.408 e. The number of carbonyl (C=O) groups is 4. The van der Waals surface area contributed by atoms with Crippen LogP contribution in [0.2, 0.25) is 39.8 Å². The van der Waals surface area contributed by atoms with E-state index in [9.17, 15) is 9.59 Å². The number of hydrogen-bond donors (Lipinski definition) is 3. The van der Waals surface area contributed by atoms with Gasteiger partial charge in [0.1, 0.15) is 51.7 Å². The van der Waals surface area contributed by atoms with Crippen LogP contribution in [0.25, 0.3) is 0 Å². The van der Waals surface area contributed by atoms with Gasteiger partial charge in [0.25, 0.3) is 8.32 Å². The average molecular weight is 1120 g/mol. The number of nitrogens with zero attached hydrogens (tertiary/aromatic N) is 3. The van der Waals surface area contributed by atoms with Crippen LogP contribution in [0.3, 0.4) is 0 Å². The van der Waals surface area contributed by atoms with Crippen LogP contribution in [-0.4, -0.2) is 84.0 Å². The summed E-state index contributed by atoms with van der Waals surface area (Å²) in [6.45, 7) is 31.4. The number of fused-ring (bicyclic) bond motifs is 9. The van der Waals surface area contributed by atoms with E-state index in [0.717, 1.165) is 12.8 Å². The molecule has 0 aliphatic carbocycles. The second kappa shape index (κ2) is 23.7. The predicted molar refractivity (Wildman–Crippen MR) is 288 cm³/mol. The molecule has 3 aliphatic rings. The Morgan fingerprint density at radius 2 is 1.50 bits per heavy atom. The van der Waals surface area contributed by atoms with E-state index in [4.69, 9.17) is 39.4 Å². The molecule has 0 radical (unpaired) electrons. The molecule has 20 heteroatoms. The third-order valence-electron chi connectivity index (χ3n) is 13.6. The Kier molecular flexibility index (Phi) is 19.1. The van der Waals surface area contributed by atoms with Crippen molar-refractivity contribution >= 4 is 73.7 Å². The molecule has 6 rings (SSSR count). The van der Waals surface area contributed by atoms with Crippen molar-refractivity contribution in [1.29, 1.82) is 0 Å². The zero-order chi connectivity index (χ0) is 53.7. The Bertz CT molecular complexity index is 2430. The number of carbonyl (C=O) groups excluding carboxylic acids is 4. The largest absolute Gasteiger partial charge is 0.542 e. The molecule has 3 aromatic rings. The van der Waals surface area contributed by atoms with Crippen LogP contribution in [0.4, 0.5) is 10.5 Å². The number of amides is 3. The normalized spacial score (nSPS) is 19.4. The van der Waals surface area contributed by atoms with Crippen LogP contribution in [0.1, 0.15) is 138 Å². The van der Waals surface area contributed by atoms with Gasteiger partial charge in [0.05, 0.1) is 13.7 Å². The van der Waals surface area contributed by atoms with Gasteiger partial charge in [0, 0.05) is 23.1 Å². The van der Waals surface area contributed by atoms with Gasteiger partial charge in [-0.2, -0.15) is 0 Å². The van der Waals surface area contributed by atoms with Gasteiger partial charge in [-0.1, -0.05) is 91.3 Å². The van der Waals surface area contributed by atoms with Gasteiger partial charge in [-0.3, -0.25) is 14.6 Å². The minimum Gasteiger partial charge on any atom is -0.542 e. The molecule has 72 heavy (non-hydrogen) atoms. The molecule has 3 heterocycles. The van der Waals surface area contributed by atoms with Crippen molar-refractivity contribution in [2.24, 2.45) is 10.3 Å². The summed E-state index contributed by atoms with van der Waals surface area (Å²) in [4.78, 5) is 59.2. The lowest BCUT2D eigenvalue weighted by molar-refractivity contribution is -0.151. The fraction of sp³-hybridized carbons (Fsp3) is 0.577. The summed E-state index contributed by atoms with van der Waals surface area (Å²) in [7, 11) is -4.32. The lowest BCUT2D eigenvalue weighted by Gasteiger charge is -2.46. The van der Waals surface area contributed by atoms with Crippen LogP contribution in [-0.2, 0) is 28.3 Å². The topological polar surface area (TPSA) is 188 Å². The summed E-state index contributed by atoms with van der Waals surface area (Å²) in [5.74, 6) is -1.44. The zero-order valence-corrected chi connectivity index (χ0v) is 49.2. The number of methoxy groups -OCH3 is 1. The summed E-state index contributed by atoms with van der Waals surface area (Å²) in [5.41, 5.74) is 0.270. The third kappa shape index (κ3) is 13.5. The Morgan fingerprint density at radius 3 is 2.04 bits per heavy atom. The van der Waals surface area contributed by atoms with Gasteiger partial charge < -0.3 is 43.7 Å². The number of benzene rings is 3. The smallest absolute Gasteiger partial charge is 0.408 e. The van der Waals surface area contributed by atoms with E-state index in [-0.39, 0.29) is 61.8 Å². The van der Waals surface area contributed by atoms with Crippen molar-refractivity contribution in [2.75, 3.05) is 26.8 Å². The first-order valence-corrected chi connectivity index (χ1v) is 31.0. The maximum atomic E-state index is 15.5. The van der Waals surface area contributed by atoms with Gasteiger partial charge in [-0.25, -0.2) is 9.59 Å². The Balaban J connectivity index is 1.95. The summed E-state index contributed by atoms with van der Waals surface area (Å²) in [6, 6.07) is 8.62. The standard InChI is InChI=1S/C52H76BrClN6O10Si2/c1-17-66-49(63)44-46(70-72(30(2)3,31(4)5)32(6)7)36-24-25-38(40(54)45(36)69-71(15,16)52(11,12)13)67-39-29-34(28-37(53)43(39)58-59-60-26-18-19-27-60)42(57-50(64)68-51(8,9)10)48(62)55-41(47(61)56-44)33-20-22-35(65-14)23-21-33/h20-25,28-32,41-42,44,46H,17-19,26-27H2,1-16H3,(H,55,62)(H,56,61)(H,57,64)/t41-,42-,44+,46+/m1/s1. The first-order valence-electron chi connectivity index (χ1n) is 24.8. The van der Waals surface area contributed by atoms with Crippen LogP contribution in [0, 0.1) is 0 Å². The van der Waals surface area contributed by atoms with Crippen LogP contribution in [0.5, 0.6) is 23.0 Å². The van der Waals surface area contributed by atoms with E-state index in [2.05, 4.69) is 118 Å². The molecule has 1 saturated heterocycles. The fourth-order valence-corrected chi connectivity index (χ4v) is 16.4. The van der Waals surface area contributed by atoms with Crippen LogP contribution in [0.15, 0.2) is 63.3 Å². The molecule has 3 aromatic carbocycles. The molecule has 0 saturated carbocycles. The highest BCUT2D eigenvalue weighted by molar-refractivity contribution is 9.10. The Hall–Kier alpha value is -4.70. The van der Waals surface area contributed by atoms with Crippen LogP contribution >= 0.6 is 27.5 Å². The second-order valence-electron chi connectivity index (χ2n) is 21.8. The molecule has 3 N–H and O–H groups in total. The minimum atomic E-state index is -3.01. The molecule has 0 spiro atoms. The highest BCUT2D eigenvalue weighted by Gasteiger charge is 2.51. The lowest BCUT2D eigenvalue weighted by Crippen LogP contribution is -2.56. The summed E-state index contributed by atoms with van der Waals surface area (Å²) >= 11 is 11.4. The number of nitrogens with one attached hydrogen (secondary N) is 3.